The first kappa shape index (κ1) is 23.5. The second kappa shape index (κ2) is 13.9. The van der Waals surface area contributed by atoms with Crippen molar-refractivity contribution in [2.75, 3.05) is 39.7 Å². The van der Waals surface area contributed by atoms with Crippen LogP contribution in [-0.2, 0) is 9.47 Å². The number of hydrogen-bond acceptors (Lipinski definition) is 5. The van der Waals surface area contributed by atoms with Crippen LogP contribution < -0.4 is 0 Å². The van der Waals surface area contributed by atoms with E-state index in [0.717, 1.165) is 0 Å². The smallest absolute Gasteiger partial charge is 0.376 e. The van der Waals surface area contributed by atoms with Gasteiger partial charge in [-0.2, -0.15) is 8.78 Å². The Kier molecular flexibility index (Phi) is 16.3. The third-order valence-electron chi connectivity index (χ3n) is 1.24. The molecule has 11 heteroatoms. The Morgan fingerprint density at radius 3 is 1.95 bits per heavy atom. The van der Waals surface area contributed by atoms with Gasteiger partial charge in [-0.15, -0.1) is 0 Å². The fourth-order valence-electron chi connectivity index (χ4n) is 0.594. The van der Waals surface area contributed by atoms with Crippen LogP contribution in [0.25, 0.3) is 0 Å². The average Bonchev–Trinajstić information content (AvgIpc) is 2.29. The van der Waals surface area contributed by atoms with E-state index in [-0.39, 0.29) is 19.8 Å². The van der Waals surface area contributed by atoms with Gasteiger partial charge in [-0.25, -0.2) is 4.39 Å². The molecule has 0 saturated heterocycles. The summed E-state index contributed by atoms with van der Waals surface area (Å²) in [4.78, 5) is 0. The number of rotatable bonds is 9. The zero-order valence-corrected chi connectivity index (χ0v) is 17.0. The van der Waals surface area contributed by atoms with Crippen molar-refractivity contribution in [3.05, 3.63) is 6.43 Å². The maximum Gasteiger partial charge on any atom is 0.376 e. The predicted octanol–water partition coefficient (Wildman–Crippen LogP) is 0.342. The molecular weight excluding hydrogens is 550 g/mol. The Balaban J connectivity index is -0.000000352. The molecule has 3 N–H and O–H groups in total. The van der Waals surface area contributed by atoms with Crippen molar-refractivity contribution < 1.29 is 46.7 Å². The van der Waals surface area contributed by atoms with Gasteiger partial charge in [0.15, 0.2) is 0 Å². The van der Waals surface area contributed by atoms with Crippen LogP contribution in [0.4, 0.5) is 22.0 Å². The largest absolute Gasteiger partial charge is 0.419 e. The van der Waals surface area contributed by atoms with Crippen LogP contribution in [0, 0.1) is 6.43 Å². The quantitative estimate of drug-likeness (QED) is 0.214. The van der Waals surface area contributed by atoms with Gasteiger partial charge in [-0.05, 0) is 6.61 Å². The molecule has 0 amide bonds. The molecule has 0 rings (SSSR count). The molecule has 0 heterocycles. The third-order valence-corrected chi connectivity index (χ3v) is 1.24. The van der Waals surface area contributed by atoms with Crippen LogP contribution in [-0.4, -0.2) is 67.2 Å². The first-order chi connectivity index (χ1) is 8.72. The number of aliphatic hydroxyl groups excluding tert-OH is 2. The first-order valence-electron chi connectivity index (χ1n) is 5.00. The van der Waals surface area contributed by atoms with Gasteiger partial charge in [0.1, 0.15) is 19.4 Å². The van der Waals surface area contributed by atoms with E-state index in [1.165, 1.54) is 0 Å². The Labute approximate surface area is 106 Å². The summed E-state index contributed by atoms with van der Waals surface area (Å²) in [5, 5.41) is 23.6. The molecule has 0 aromatic heterocycles. The molecule has 0 spiro atoms. The zero-order chi connectivity index (χ0) is 15.3. The van der Waals surface area contributed by atoms with Gasteiger partial charge in [0.05, 0.1) is 19.8 Å². The van der Waals surface area contributed by atoms with Crippen molar-refractivity contribution in [3.8, 4) is 0 Å². The number of hydrogen-bond donors (Lipinski definition) is 3. The van der Waals surface area contributed by atoms with Crippen molar-refractivity contribution in [1.82, 2.24) is 0 Å². The van der Waals surface area contributed by atoms with Crippen LogP contribution in [0.2, 0.25) is 0 Å². The van der Waals surface area contributed by atoms with E-state index in [2.05, 4.69) is 9.47 Å². The molecule has 5 nitrogen and oxygen atoms in total. The maximum absolute atomic E-state index is 11.5. The van der Waals surface area contributed by atoms with Crippen LogP contribution in [0.1, 0.15) is 0 Å². The van der Waals surface area contributed by atoms with Gasteiger partial charge in [0.25, 0.3) is 0 Å². The van der Waals surface area contributed by atoms with Gasteiger partial charge in [0.2, 0.25) is 0 Å². The van der Waals surface area contributed by atoms with E-state index in [1.54, 1.807) is 0 Å². The van der Waals surface area contributed by atoms with Gasteiger partial charge < -0.3 is 33.6 Å². The number of aliphatic hydroxyl groups is 3. The van der Waals surface area contributed by atoms with E-state index >= 15 is 0 Å². The molecule has 120 valence electrons. The fourth-order valence-corrected chi connectivity index (χ4v) is 0.594. The number of ether oxygens (including phenoxy) is 2. The molecule has 20 heavy (non-hydrogen) atoms. The minimum Gasteiger partial charge on any atom is -0.419 e. The van der Waals surface area contributed by atoms with E-state index in [0.29, 0.717) is 0 Å². The summed E-state index contributed by atoms with van der Waals surface area (Å²) in [6.07, 6.45) is -6.75. The Bertz CT molecular complexity index is 196. The second-order valence-electron chi connectivity index (χ2n) is 3.10. The molecular formula is C9H16F5O5Rf-. The summed E-state index contributed by atoms with van der Waals surface area (Å²) in [6.45, 7) is -3.41. The fraction of sp³-hybridized carbons (Fsp3) is 0.889. The summed E-state index contributed by atoms with van der Waals surface area (Å²) in [6, 6.07) is 0. The van der Waals surface area contributed by atoms with E-state index in [9.17, 15) is 22.0 Å². The van der Waals surface area contributed by atoms with Crippen LogP contribution in [0.5, 0.6) is 0 Å². The third kappa shape index (κ3) is 25.3. The van der Waals surface area contributed by atoms with Crippen LogP contribution >= 0.6 is 0 Å². The summed E-state index contributed by atoms with van der Waals surface area (Å²) >= 11 is 0. The normalized spacial score (nSPS) is 12.4. The molecule has 0 fully saturated rings. The van der Waals surface area contributed by atoms with Crippen molar-refractivity contribution in [2.24, 2.45) is 0 Å². The SMILES string of the molecule is OC(COCCF)COC[C-](F)F.OCC(O)(F)F.[Rf]. The predicted molar refractivity (Wildman–Crippen MR) is 53.3 cm³/mol. The molecule has 0 aromatic carbocycles. The van der Waals surface area contributed by atoms with E-state index in [4.69, 9.17) is 15.3 Å². The molecule has 0 bridgehead atoms. The summed E-state index contributed by atoms with van der Waals surface area (Å²) in [5.41, 5.74) is 0. The standard InChI is InChI=1S/C7H12F3O3.C2H4F2O2.Rf/c8-1-2-12-3-6(11)4-13-5-7(9)10;3-2(4,6)1-5;/h6,11H,1-5H2;5-6H,1H2;/q-1;;. The van der Waals surface area contributed by atoms with E-state index in [1.807, 2.05) is 0 Å². The minimum atomic E-state index is -3.90. The topological polar surface area (TPSA) is 79.2 Å². The molecule has 0 radical (unpaired) electrons. The number of halogens is 5. The van der Waals surface area contributed by atoms with E-state index < -0.39 is 38.5 Å². The minimum absolute atomic E-state index is 0. The summed E-state index contributed by atoms with van der Waals surface area (Å²) in [7, 11) is 0. The number of alkyl halides is 3. The van der Waals surface area contributed by atoms with Gasteiger partial charge in [-0.3, -0.25) is 0 Å². The van der Waals surface area contributed by atoms with Crippen molar-refractivity contribution in [3.63, 3.8) is 0 Å². The van der Waals surface area contributed by atoms with Gasteiger partial charge >= 0.3 is 6.11 Å². The van der Waals surface area contributed by atoms with Crippen molar-refractivity contribution >= 4 is 0 Å². The van der Waals surface area contributed by atoms with Crippen LogP contribution in [0.15, 0.2) is 0 Å². The van der Waals surface area contributed by atoms with Crippen LogP contribution in [0.3, 0.4) is 0 Å². The molecule has 0 aliphatic heterocycles. The Morgan fingerprint density at radius 1 is 1.15 bits per heavy atom. The molecule has 0 aromatic rings. The molecule has 1 atom stereocenters. The van der Waals surface area contributed by atoms with Gasteiger partial charge in [-0.1, -0.05) is 0 Å². The average molecular weight is 566 g/mol. The Hall–Kier alpha value is -1.55. The van der Waals surface area contributed by atoms with Crippen molar-refractivity contribution in [2.45, 2.75) is 12.2 Å². The Morgan fingerprint density at radius 2 is 1.60 bits per heavy atom. The van der Waals surface area contributed by atoms with Crippen molar-refractivity contribution in [1.29, 1.82) is 0 Å². The molecule has 0 saturated carbocycles. The molecule has 1 unspecified atom stereocenters. The zero-order valence-electron chi connectivity index (χ0n) is 10.6. The first-order valence-corrected chi connectivity index (χ1v) is 5.00. The second-order valence-corrected chi connectivity index (χ2v) is 3.10. The maximum atomic E-state index is 11.5. The van der Waals surface area contributed by atoms with Gasteiger partial charge in [0, 0.05) is 6.43 Å². The molecule has 0 aliphatic rings. The molecule has 0 aliphatic carbocycles. The monoisotopic (exact) mass is 566 g/mol. The summed E-state index contributed by atoms with van der Waals surface area (Å²) < 4.78 is 64.8. The summed E-state index contributed by atoms with van der Waals surface area (Å²) in [5.74, 6) is 0.